The van der Waals surface area contributed by atoms with Crippen LogP contribution < -0.4 is 4.74 Å². The zero-order chi connectivity index (χ0) is 13.0. The van der Waals surface area contributed by atoms with Crippen molar-refractivity contribution in [2.45, 2.75) is 25.8 Å². The standard InChI is InChI=1S/C15H23NOS/c1-16(11-15(12-18)7-4-8-15)10-13-5-3-6-14(9-13)17-2/h3,5-6,9,18H,4,7-8,10-12H2,1-2H3. The first kappa shape index (κ1) is 13.8. The van der Waals surface area contributed by atoms with Crippen LogP contribution in [0, 0.1) is 5.41 Å². The maximum Gasteiger partial charge on any atom is 0.119 e. The average Bonchev–Trinajstić information content (AvgIpc) is 2.34. The van der Waals surface area contributed by atoms with Crippen LogP contribution in [-0.2, 0) is 6.54 Å². The third-order valence-corrected chi connectivity index (χ3v) is 4.61. The zero-order valence-electron chi connectivity index (χ0n) is 11.4. The van der Waals surface area contributed by atoms with Gasteiger partial charge < -0.3 is 9.64 Å². The summed E-state index contributed by atoms with van der Waals surface area (Å²) in [4.78, 5) is 2.41. The number of benzene rings is 1. The van der Waals surface area contributed by atoms with Crippen molar-refractivity contribution in [3.05, 3.63) is 29.8 Å². The summed E-state index contributed by atoms with van der Waals surface area (Å²) >= 11 is 4.52. The third kappa shape index (κ3) is 3.21. The smallest absolute Gasteiger partial charge is 0.119 e. The summed E-state index contributed by atoms with van der Waals surface area (Å²) in [6.07, 6.45) is 4.03. The summed E-state index contributed by atoms with van der Waals surface area (Å²) in [6, 6.07) is 8.32. The van der Waals surface area contributed by atoms with E-state index < -0.39 is 0 Å². The molecule has 0 saturated heterocycles. The fraction of sp³-hybridized carbons (Fsp3) is 0.600. The third-order valence-electron chi connectivity index (χ3n) is 3.94. The monoisotopic (exact) mass is 265 g/mol. The van der Waals surface area contributed by atoms with E-state index in [0.717, 1.165) is 24.6 Å². The van der Waals surface area contributed by atoms with Gasteiger partial charge in [0.1, 0.15) is 5.75 Å². The first-order valence-corrected chi connectivity index (χ1v) is 7.23. The van der Waals surface area contributed by atoms with Gasteiger partial charge in [0.25, 0.3) is 0 Å². The Morgan fingerprint density at radius 2 is 2.17 bits per heavy atom. The van der Waals surface area contributed by atoms with Gasteiger partial charge in [-0.05, 0) is 48.8 Å². The van der Waals surface area contributed by atoms with E-state index in [9.17, 15) is 0 Å². The molecule has 1 aliphatic carbocycles. The largest absolute Gasteiger partial charge is 0.497 e. The summed E-state index contributed by atoms with van der Waals surface area (Å²) in [5.41, 5.74) is 1.78. The molecule has 0 spiro atoms. The molecule has 0 N–H and O–H groups in total. The predicted molar refractivity (Wildman–Crippen MR) is 79.5 cm³/mol. The van der Waals surface area contributed by atoms with Crippen LogP contribution in [0.5, 0.6) is 5.75 Å². The molecule has 1 fully saturated rings. The highest BCUT2D eigenvalue weighted by molar-refractivity contribution is 7.80. The van der Waals surface area contributed by atoms with Crippen molar-refractivity contribution in [3.8, 4) is 5.75 Å². The maximum absolute atomic E-state index is 5.26. The molecule has 0 unspecified atom stereocenters. The Kier molecular flexibility index (Phi) is 4.57. The van der Waals surface area contributed by atoms with E-state index in [1.54, 1.807) is 7.11 Å². The second-order valence-electron chi connectivity index (χ2n) is 5.54. The van der Waals surface area contributed by atoms with Crippen LogP contribution in [0.1, 0.15) is 24.8 Å². The van der Waals surface area contributed by atoms with Gasteiger partial charge in [-0.1, -0.05) is 18.6 Å². The molecule has 0 heterocycles. The van der Waals surface area contributed by atoms with Crippen molar-refractivity contribution < 1.29 is 4.74 Å². The number of ether oxygens (including phenoxy) is 1. The van der Waals surface area contributed by atoms with E-state index in [4.69, 9.17) is 4.74 Å². The Morgan fingerprint density at radius 1 is 1.39 bits per heavy atom. The van der Waals surface area contributed by atoms with E-state index in [1.807, 2.05) is 6.07 Å². The highest BCUT2D eigenvalue weighted by atomic mass is 32.1. The molecular weight excluding hydrogens is 242 g/mol. The number of nitrogens with zero attached hydrogens (tertiary/aromatic N) is 1. The van der Waals surface area contributed by atoms with Gasteiger partial charge in [0.15, 0.2) is 0 Å². The molecule has 0 aliphatic heterocycles. The quantitative estimate of drug-likeness (QED) is 0.793. The average molecular weight is 265 g/mol. The molecular formula is C15H23NOS. The number of hydrogen-bond donors (Lipinski definition) is 1. The van der Waals surface area contributed by atoms with Crippen LogP contribution in [0.3, 0.4) is 0 Å². The predicted octanol–water partition coefficient (Wildman–Crippen LogP) is 3.23. The second-order valence-corrected chi connectivity index (χ2v) is 5.85. The number of hydrogen-bond acceptors (Lipinski definition) is 3. The summed E-state index contributed by atoms with van der Waals surface area (Å²) in [5.74, 6) is 1.95. The second kappa shape index (κ2) is 5.98. The van der Waals surface area contributed by atoms with E-state index in [-0.39, 0.29) is 0 Å². The number of rotatable bonds is 6. The molecule has 2 rings (SSSR count). The van der Waals surface area contributed by atoms with Crippen LogP contribution >= 0.6 is 12.6 Å². The minimum Gasteiger partial charge on any atom is -0.497 e. The highest BCUT2D eigenvalue weighted by Crippen LogP contribution is 2.42. The van der Waals surface area contributed by atoms with E-state index in [1.165, 1.54) is 24.8 Å². The molecule has 3 heteroatoms. The van der Waals surface area contributed by atoms with Gasteiger partial charge in [-0.3, -0.25) is 0 Å². The lowest BCUT2D eigenvalue weighted by molar-refractivity contribution is 0.101. The van der Waals surface area contributed by atoms with Crippen LogP contribution in [0.15, 0.2) is 24.3 Å². The van der Waals surface area contributed by atoms with Gasteiger partial charge >= 0.3 is 0 Å². The molecule has 0 radical (unpaired) electrons. The van der Waals surface area contributed by atoms with Crippen LogP contribution in [0.25, 0.3) is 0 Å². The summed E-state index contributed by atoms with van der Waals surface area (Å²) in [5, 5.41) is 0. The Labute approximate surface area is 116 Å². The molecule has 1 saturated carbocycles. The van der Waals surface area contributed by atoms with Crippen molar-refractivity contribution in [2.75, 3.05) is 26.5 Å². The molecule has 1 aromatic rings. The molecule has 100 valence electrons. The molecule has 0 amide bonds. The van der Waals surface area contributed by atoms with E-state index in [2.05, 4.69) is 42.8 Å². The lowest BCUT2D eigenvalue weighted by Crippen LogP contribution is -2.42. The summed E-state index contributed by atoms with van der Waals surface area (Å²) < 4.78 is 5.26. The van der Waals surface area contributed by atoms with Gasteiger partial charge in [-0.15, -0.1) is 0 Å². The minimum absolute atomic E-state index is 0.469. The Morgan fingerprint density at radius 3 is 2.72 bits per heavy atom. The summed E-state index contributed by atoms with van der Waals surface area (Å²) in [7, 11) is 3.91. The lowest BCUT2D eigenvalue weighted by Gasteiger charge is -2.43. The van der Waals surface area contributed by atoms with Crippen LogP contribution in [-0.4, -0.2) is 31.4 Å². The molecule has 18 heavy (non-hydrogen) atoms. The van der Waals surface area contributed by atoms with E-state index in [0.29, 0.717) is 5.41 Å². The topological polar surface area (TPSA) is 12.5 Å². The molecule has 1 aliphatic rings. The van der Waals surface area contributed by atoms with Gasteiger partial charge in [-0.2, -0.15) is 12.6 Å². The maximum atomic E-state index is 5.26. The van der Waals surface area contributed by atoms with Crippen molar-refractivity contribution in [2.24, 2.45) is 5.41 Å². The first-order valence-electron chi connectivity index (χ1n) is 6.60. The fourth-order valence-corrected chi connectivity index (χ4v) is 3.17. The van der Waals surface area contributed by atoms with Crippen molar-refractivity contribution >= 4 is 12.6 Å². The molecule has 2 nitrogen and oxygen atoms in total. The van der Waals surface area contributed by atoms with Crippen LogP contribution in [0.2, 0.25) is 0 Å². The SMILES string of the molecule is COc1cccc(CN(C)CC2(CS)CCC2)c1. The van der Waals surface area contributed by atoms with Gasteiger partial charge in [-0.25, -0.2) is 0 Å². The normalized spacial score (nSPS) is 17.6. The molecule has 0 bridgehead atoms. The lowest BCUT2D eigenvalue weighted by atomic mass is 9.70. The zero-order valence-corrected chi connectivity index (χ0v) is 12.2. The van der Waals surface area contributed by atoms with Gasteiger partial charge in [0, 0.05) is 13.1 Å². The van der Waals surface area contributed by atoms with Crippen molar-refractivity contribution in [3.63, 3.8) is 0 Å². The Balaban J connectivity index is 1.92. The van der Waals surface area contributed by atoms with E-state index >= 15 is 0 Å². The Bertz CT molecular complexity index is 384. The fourth-order valence-electron chi connectivity index (χ4n) is 2.75. The Hall–Kier alpha value is -0.670. The minimum atomic E-state index is 0.469. The van der Waals surface area contributed by atoms with Gasteiger partial charge in [0.05, 0.1) is 7.11 Å². The van der Waals surface area contributed by atoms with Crippen molar-refractivity contribution in [1.82, 2.24) is 4.90 Å². The van der Waals surface area contributed by atoms with Gasteiger partial charge in [0.2, 0.25) is 0 Å². The summed E-state index contributed by atoms with van der Waals surface area (Å²) in [6.45, 7) is 2.13. The van der Waals surface area contributed by atoms with Crippen LogP contribution in [0.4, 0.5) is 0 Å². The molecule has 0 atom stereocenters. The highest BCUT2D eigenvalue weighted by Gasteiger charge is 2.36. The number of thiol groups is 1. The first-order chi connectivity index (χ1) is 8.67. The molecule has 0 aromatic heterocycles. The molecule has 1 aromatic carbocycles. The van der Waals surface area contributed by atoms with Crippen molar-refractivity contribution in [1.29, 1.82) is 0 Å². The number of methoxy groups -OCH3 is 1.